The predicted molar refractivity (Wildman–Crippen MR) is 77.0 cm³/mol. The van der Waals surface area contributed by atoms with Crippen molar-refractivity contribution in [2.75, 3.05) is 0 Å². The highest BCUT2D eigenvalue weighted by Crippen LogP contribution is 2.41. The minimum Gasteiger partial charge on any atom is -0.322 e. The molecule has 2 N–H and O–H groups in total. The van der Waals surface area contributed by atoms with E-state index in [9.17, 15) is 0 Å². The van der Waals surface area contributed by atoms with Gasteiger partial charge in [-0.2, -0.15) is 0 Å². The zero-order valence-electron chi connectivity index (χ0n) is 11.0. The van der Waals surface area contributed by atoms with Gasteiger partial charge in [0.05, 0.1) is 17.9 Å². The topological polar surface area (TPSA) is 56.7 Å². The molecule has 0 fully saturated rings. The molecular formula is C14H18N4S. The van der Waals surface area contributed by atoms with E-state index < -0.39 is 0 Å². The number of nitrogens with zero attached hydrogens (tertiary/aromatic N) is 3. The number of hydrogen-bond acceptors (Lipinski definition) is 4. The van der Waals surface area contributed by atoms with Gasteiger partial charge in [0.2, 0.25) is 0 Å². The summed E-state index contributed by atoms with van der Waals surface area (Å²) < 4.78 is 1.94. The molecular weight excluding hydrogens is 256 g/mol. The van der Waals surface area contributed by atoms with Crippen LogP contribution in [-0.2, 0) is 13.0 Å². The van der Waals surface area contributed by atoms with Gasteiger partial charge in [-0.15, -0.1) is 16.9 Å². The zero-order valence-corrected chi connectivity index (χ0v) is 11.8. The summed E-state index contributed by atoms with van der Waals surface area (Å²) in [5, 5.41) is 8.51. The number of nitrogens with two attached hydrogens (primary N) is 1. The standard InChI is InChI=1S/C14H18N4S/c1-2-7-18-11(9-16-17-18)14(15)13-8-10-5-3-4-6-12(10)19-13/h3-6,9,13-14H,2,7-8,15H2,1H3. The summed E-state index contributed by atoms with van der Waals surface area (Å²) in [5.74, 6) is 0. The van der Waals surface area contributed by atoms with Crippen LogP contribution in [0.25, 0.3) is 0 Å². The van der Waals surface area contributed by atoms with Crippen LogP contribution in [0.2, 0.25) is 0 Å². The Morgan fingerprint density at radius 2 is 2.32 bits per heavy atom. The molecule has 1 aliphatic heterocycles. The van der Waals surface area contributed by atoms with Crippen molar-refractivity contribution >= 4 is 11.8 Å². The lowest BCUT2D eigenvalue weighted by Crippen LogP contribution is -2.26. The minimum absolute atomic E-state index is 0.0149. The zero-order chi connectivity index (χ0) is 13.2. The third-order valence-corrected chi connectivity index (χ3v) is 4.91. The van der Waals surface area contributed by atoms with E-state index in [1.54, 1.807) is 0 Å². The van der Waals surface area contributed by atoms with Crippen LogP contribution in [-0.4, -0.2) is 20.2 Å². The average Bonchev–Trinajstić information content (AvgIpc) is 3.04. The van der Waals surface area contributed by atoms with Crippen LogP contribution < -0.4 is 5.73 Å². The molecule has 2 aromatic rings. The third-order valence-electron chi connectivity index (χ3n) is 3.50. The molecule has 100 valence electrons. The number of aryl methyl sites for hydroxylation is 1. The largest absolute Gasteiger partial charge is 0.322 e. The Labute approximate surface area is 117 Å². The fraction of sp³-hybridized carbons (Fsp3) is 0.429. The van der Waals surface area contributed by atoms with Gasteiger partial charge in [0.25, 0.3) is 0 Å². The quantitative estimate of drug-likeness (QED) is 0.930. The van der Waals surface area contributed by atoms with Gasteiger partial charge >= 0.3 is 0 Å². The molecule has 0 bridgehead atoms. The third kappa shape index (κ3) is 2.40. The van der Waals surface area contributed by atoms with Gasteiger partial charge in [0.1, 0.15) is 0 Å². The van der Waals surface area contributed by atoms with E-state index in [0.29, 0.717) is 5.25 Å². The van der Waals surface area contributed by atoms with Crippen LogP contribution in [0.15, 0.2) is 35.4 Å². The first-order valence-electron chi connectivity index (χ1n) is 6.68. The Bertz CT molecular complexity index is 541. The monoisotopic (exact) mass is 274 g/mol. The summed E-state index contributed by atoms with van der Waals surface area (Å²) in [7, 11) is 0. The molecule has 2 atom stereocenters. The van der Waals surface area contributed by atoms with Crippen molar-refractivity contribution in [3.05, 3.63) is 41.7 Å². The summed E-state index contributed by atoms with van der Waals surface area (Å²) in [6.45, 7) is 3.02. The Hall–Kier alpha value is -1.33. The highest BCUT2D eigenvalue weighted by atomic mass is 32.2. The number of hydrogen-bond donors (Lipinski definition) is 1. The molecule has 0 spiro atoms. The highest BCUT2D eigenvalue weighted by molar-refractivity contribution is 8.00. The summed E-state index contributed by atoms with van der Waals surface area (Å²) in [6, 6.07) is 8.53. The van der Waals surface area contributed by atoms with Crippen LogP contribution in [0.1, 0.15) is 30.6 Å². The van der Waals surface area contributed by atoms with Crippen molar-refractivity contribution in [2.24, 2.45) is 5.73 Å². The molecule has 0 saturated heterocycles. The van der Waals surface area contributed by atoms with E-state index >= 15 is 0 Å². The van der Waals surface area contributed by atoms with Gasteiger partial charge in [-0.05, 0) is 24.5 Å². The number of fused-ring (bicyclic) bond motifs is 1. The minimum atomic E-state index is -0.0149. The van der Waals surface area contributed by atoms with Gasteiger partial charge in [-0.3, -0.25) is 0 Å². The molecule has 4 nitrogen and oxygen atoms in total. The first-order valence-corrected chi connectivity index (χ1v) is 7.56. The summed E-state index contributed by atoms with van der Waals surface area (Å²) in [5.41, 5.74) is 8.89. The van der Waals surface area contributed by atoms with Gasteiger partial charge in [-0.25, -0.2) is 4.68 Å². The SMILES string of the molecule is CCCn1nncc1C(N)C1Cc2ccccc2S1. The van der Waals surface area contributed by atoms with Crippen LogP contribution in [0.5, 0.6) is 0 Å². The Morgan fingerprint density at radius 3 is 3.11 bits per heavy atom. The maximum atomic E-state index is 6.43. The molecule has 1 aliphatic rings. The van der Waals surface area contributed by atoms with E-state index in [1.807, 2.05) is 22.6 Å². The van der Waals surface area contributed by atoms with Crippen molar-refractivity contribution in [3.8, 4) is 0 Å². The molecule has 0 amide bonds. The molecule has 1 aromatic carbocycles. The molecule has 19 heavy (non-hydrogen) atoms. The summed E-state index contributed by atoms with van der Waals surface area (Å²) in [6.07, 6.45) is 3.88. The first-order chi connectivity index (χ1) is 9.29. The van der Waals surface area contributed by atoms with Gasteiger partial charge in [0, 0.05) is 16.7 Å². The second kappa shape index (κ2) is 5.35. The molecule has 2 heterocycles. The number of benzene rings is 1. The van der Waals surface area contributed by atoms with E-state index in [2.05, 4.69) is 41.5 Å². The normalized spacial score (nSPS) is 19.4. The Kier molecular flexibility index (Phi) is 3.57. The Morgan fingerprint density at radius 1 is 1.47 bits per heavy atom. The van der Waals surface area contributed by atoms with E-state index in [4.69, 9.17) is 5.73 Å². The van der Waals surface area contributed by atoms with E-state index in [1.165, 1.54) is 10.5 Å². The van der Waals surface area contributed by atoms with Gasteiger partial charge < -0.3 is 5.73 Å². The van der Waals surface area contributed by atoms with Crippen LogP contribution in [0.4, 0.5) is 0 Å². The number of thioether (sulfide) groups is 1. The van der Waals surface area contributed by atoms with Crippen molar-refractivity contribution in [1.82, 2.24) is 15.0 Å². The number of rotatable bonds is 4. The van der Waals surface area contributed by atoms with Crippen LogP contribution in [0.3, 0.4) is 0 Å². The van der Waals surface area contributed by atoms with Crippen molar-refractivity contribution in [2.45, 2.75) is 42.5 Å². The van der Waals surface area contributed by atoms with E-state index in [-0.39, 0.29) is 6.04 Å². The second-order valence-corrected chi connectivity index (χ2v) is 6.16. The molecule has 1 aromatic heterocycles. The van der Waals surface area contributed by atoms with Gasteiger partial charge in [0.15, 0.2) is 0 Å². The van der Waals surface area contributed by atoms with E-state index in [0.717, 1.165) is 25.1 Å². The van der Waals surface area contributed by atoms with Gasteiger partial charge in [-0.1, -0.05) is 30.3 Å². The highest BCUT2D eigenvalue weighted by Gasteiger charge is 2.30. The lowest BCUT2D eigenvalue weighted by Gasteiger charge is -2.18. The average molecular weight is 274 g/mol. The number of aromatic nitrogens is 3. The van der Waals surface area contributed by atoms with Crippen LogP contribution >= 0.6 is 11.8 Å². The predicted octanol–water partition coefficient (Wildman–Crippen LogP) is 2.40. The fourth-order valence-electron chi connectivity index (χ4n) is 2.51. The molecule has 0 aliphatic carbocycles. The van der Waals surface area contributed by atoms with Crippen molar-refractivity contribution < 1.29 is 0 Å². The summed E-state index contributed by atoms with van der Waals surface area (Å²) in [4.78, 5) is 1.36. The Balaban J connectivity index is 1.79. The van der Waals surface area contributed by atoms with Crippen molar-refractivity contribution in [1.29, 1.82) is 0 Å². The van der Waals surface area contributed by atoms with Crippen molar-refractivity contribution in [3.63, 3.8) is 0 Å². The molecule has 0 radical (unpaired) electrons. The maximum Gasteiger partial charge on any atom is 0.0765 e. The molecule has 3 rings (SSSR count). The first kappa shape index (κ1) is 12.7. The lowest BCUT2D eigenvalue weighted by atomic mass is 10.0. The second-order valence-electron chi connectivity index (χ2n) is 4.88. The van der Waals surface area contributed by atoms with Crippen LogP contribution in [0, 0.1) is 0 Å². The molecule has 0 saturated carbocycles. The fourth-order valence-corrected chi connectivity index (χ4v) is 3.84. The lowest BCUT2D eigenvalue weighted by molar-refractivity contribution is 0.520. The smallest absolute Gasteiger partial charge is 0.0765 e. The molecule has 5 heteroatoms. The maximum absolute atomic E-state index is 6.43. The summed E-state index contributed by atoms with van der Waals surface area (Å²) >= 11 is 1.88. The molecule has 2 unspecified atom stereocenters.